The molecule has 7 heteroatoms. The first-order chi connectivity index (χ1) is 12.3. The maximum Gasteiger partial charge on any atom is 0.282 e. The Kier molecular flexibility index (Phi) is 6.47. The van der Waals surface area contributed by atoms with Gasteiger partial charge in [0.25, 0.3) is 12.3 Å². The lowest BCUT2D eigenvalue weighted by Crippen LogP contribution is -2.54. The molecule has 0 bridgehead atoms. The highest BCUT2D eigenvalue weighted by atomic mass is 19.3. The standard InChI is InChI=1S/C19H25F2N3O2/c1-4-8-19(9-6-5-7-13(2)10-14(19)12-25)22-18(26)15-11-24(3)23-16(15)17(20)21/h5-7,9,11,14,17,25H,2,4,8,10,12H2,1,3H3,(H,22,26)/b7-5-,9-6?. The summed E-state index contributed by atoms with van der Waals surface area (Å²) in [4.78, 5) is 12.8. The third-order valence-corrected chi connectivity index (χ3v) is 4.61. The van der Waals surface area contributed by atoms with E-state index in [0.717, 1.165) is 12.0 Å². The van der Waals surface area contributed by atoms with E-state index in [0.29, 0.717) is 12.8 Å². The van der Waals surface area contributed by atoms with Crippen molar-refractivity contribution in [1.82, 2.24) is 15.1 Å². The van der Waals surface area contributed by atoms with E-state index in [1.807, 2.05) is 25.2 Å². The zero-order chi connectivity index (χ0) is 19.3. The SMILES string of the molecule is C=C1/C=C\C=CC(CCC)(NC(=O)c2cn(C)nc2C(F)F)C(CO)C1. The molecule has 2 unspecified atom stereocenters. The number of aliphatic hydroxyl groups excluding tert-OH is 1. The molecule has 1 amide bonds. The Hall–Kier alpha value is -2.28. The lowest BCUT2D eigenvalue weighted by molar-refractivity contribution is 0.0820. The number of hydrogen-bond acceptors (Lipinski definition) is 3. The summed E-state index contributed by atoms with van der Waals surface area (Å²) in [6, 6.07) is 0. The summed E-state index contributed by atoms with van der Waals surface area (Å²) in [6.45, 7) is 5.77. The van der Waals surface area contributed by atoms with Crippen LogP contribution in [0.3, 0.4) is 0 Å². The predicted octanol–water partition coefficient (Wildman–Crippen LogP) is 3.31. The van der Waals surface area contributed by atoms with E-state index in [-0.39, 0.29) is 18.1 Å². The van der Waals surface area contributed by atoms with Gasteiger partial charge in [0.15, 0.2) is 0 Å². The van der Waals surface area contributed by atoms with Gasteiger partial charge in [-0.25, -0.2) is 8.78 Å². The largest absolute Gasteiger partial charge is 0.396 e. The van der Waals surface area contributed by atoms with Crippen molar-refractivity contribution in [2.75, 3.05) is 6.61 Å². The highest BCUT2D eigenvalue weighted by molar-refractivity contribution is 5.96. The van der Waals surface area contributed by atoms with Crippen LogP contribution in [0, 0.1) is 5.92 Å². The van der Waals surface area contributed by atoms with Gasteiger partial charge in [-0.05, 0) is 12.8 Å². The van der Waals surface area contributed by atoms with Crippen LogP contribution in [-0.2, 0) is 7.05 Å². The summed E-state index contributed by atoms with van der Waals surface area (Å²) in [6.07, 6.45) is 7.54. The molecule has 1 aliphatic rings. The number of aryl methyl sites for hydroxylation is 1. The zero-order valence-electron chi connectivity index (χ0n) is 15.1. The van der Waals surface area contributed by atoms with Crippen molar-refractivity contribution in [2.45, 2.75) is 38.2 Å². The van der Waals surface area contributed by atoms with Gasteiger partial charge in [0.05, 0.1) is 11.1 Å². The molecule has 2 atom stereocenters. The van der Waals surface area contributed by atoms with Crippen LogP contribution in [-0.4, -0.2) is 32.9 Å². The quantitative estimate of drug-likeness (QED) is 0.813. The van der Waals surface area contributed by atoms with Gasteiger partial charge in [-0.1, -0.05) is 49.8 Å². The smallest absolute Gasteiger partial charge is 0.282 e. The monoisotopic (exact) mass is 365 g/mol. The molecule has 0 saturated heterocycles. The molecule has 1 aliphatic carbocycles. The molecule has 0 aromatic carbocycles. The van der Waals surface area contributed by atoms with Crippen molar-refractivity contribution in [1.29, 1.82) is 0 Å². The Balaban J connectivity index is 2.42. The molecule has 0 spiro atoms. The summed E-state index contributed by atoms with van der Waals surface area (Å²) in [5, 5.41) is 16.5. The van der Waals surface area contributed by atoms with Crippen molar-refractivity contribution in [3.8, 4) is 0 Å². The van der Waals surface area contributed by atoms with E-state index < -0.39 is 23.6 Å². The second kappa shape index (κ2) is 8.40. The second-order valence-corrected chi connectivity index (χ2v) is 6.61. The molecule has 1 heterocycles. The van der Waals surface area contributed by atoms with E-state index >= 15 is 0 Å². The normalized spacial score (nSPS) is 24.4. The molecule has 1 aromatic heterocycles. The van der Waals surface area contributed by atoms with E-state index in [9.17, 15) is 18.7 Å². The molecule has 2 rings (SSSR count). The first-order valence-electron chi connectivity index (χ1n) is 8.61. The minimum atomic E-state index is -2.84. The molecule has 0 aliphatic heterocycles. The molecule has 5 nitrogen and oxygen atoms in total. The Morgan fingerprint density at radius 3 is 2.88 bits per heavy atom. The average molecular weight is 365 g/mol. The third-order valence-electron chi connectivity index (χ3n) is 4.61. The average Bonchev–Trinajstić information content (AvgIpc) is 2.97. The van der Waals surface area contributed by atoms with Gasteiger partial charge in [-0.15, -0.1) is 0 Å². The number of aromatic nitrogens is 2. The minimum absolute atomic E-state index is 0.153. The Morgan fingerprint density at radius 1 is 1.54 bits per heavy atom. The Morgan fingerprint density at radius 2 is 2.27 bits per heavy atom. The molecular weight excluding hydrogens is 340 g/mol. The zero-order valence-corrected chi connectivity index (χ0v) is 15.1. The number of alkyl halides is 2. The maximum absolute atomic E-state index is 13.2. The fourth-order valence-corrected chi connectivity index (χ4v) is 3.38. The van der Waals surface area contributed by atoms with Gasteiger partial charge in [-0.2, -0.15) is 5.10 Å². The summed E-state index contributed by atoms with van der Waals surface area (Å²) in [7, 11) is 1.49. The summed E-state index contributed by atoms with van der Waals surface area (Å²) in [5.41, 5.74) is -0.725. The van der Waals surface area contributed by atoms with Crippen LogP contribution in [0.4, 0.5) is 8.78 Å². The molecular formula is C19H25F2N3O2. The fourth-order valence-electron chi connectivity index (χ4n) is 3.38. The van der Waals surface area contributed by atoms with Crippen molar-refractivity contribution in [3.63, 3.8) is 0 Å². The van der Waals surface area contributed by atoms with Gasteiger partial charge in [0, 0.05) is 25.8 Å². The van der Waals surface area contributed by atoms with E-state index in [4.69, 9.17) is 0 Å². The van der Waals surface area contributed by atoms with Gasteiger partial charge in [0.1, 0.15) is 5.69 Å². The van der Waals surface area contributed by atoms with Crippen LogP contribution in [0.5, 0.6) is 0 Å². The number of rotatable bonds is 6. The van der Waals surface area contributed by atoms with Gasteiger partial charge < -0.3 is 10.4 Å². The Bertz CT molecular complexity index is 724. The molecule has 0 fully saturated rings. The van der Waals surface area contributed by atoms with Crippen LogP contribution in [0.1, 0.15) is 48.7 Å². The number of aliphatic hydroxyl groups is 1. The van der Waals surface area contributed by atoms with Crippen molar-refractivity contribution < 1.29 is 18.7 Å². The summed E-state index contributed by atoms with van der Waals surface area (Å²) < 4.78 is 27.6. The lowest BCUT2D eigenvalue weighted by atomic mass is 9.75. The van der Waals surface area contributed by atoms with Gasteiger partial charge in [-0.3, -0.25) is 9.48 Å². The molecule has 0 radical (unpaired) electrons. The van der Waals surface area contributed by atoms with Gasteiger partial charge in [0.2, 0.25) is 0 Å². The first kappa shape index (κ1) is 20.0. The first-order valence-corrected chi connectivity index (χ1v) is 8.61. The minimum Gasteiger partial charge on any atom is -0.396 e. The van der Waals surface area contributed by atoms with Crippen LogP contribution in [0.2, 0.25) is 0 Å². The van der Waals surface area contributed by atoms with Crippen molar-refractivity contribution >= 4 is 5.91 Å². The van der Waals surface area contributed by atoms with Crippen molar-refractivity contribution in [3.05, 3.63) is 53.9 Å². The van der Waals surface area contributed by atoms with Crippen LogP contribution >= 0.6 is 0 Å². The Labute approximate surface area is 152 Å². The summed E-state index contributed by atoms with van der Waals surface area (Å²) in [5.74, 6) is -0.938. The highest BCUT2D eigenvalue weighted by Crippen LogP contribution is 2.32. The number of hydrogen-bond donors (Lipinski definition) is 2. The molecule has 26 heavy (non-hydrogen) atoms. The number of nitrogens with zero attached hydrogens (tertiary/aromatic N) is 2. The van der Waals surface area contributed by atoms with Crippen LogP contribution in [0.15, 0.2) is 42.7 Å². The molecule has 0 saturated carbocycles. The van der Waals surface area contributed by atoms with E-state index in [1.165, 1.54) is 17.9 Å². The predicted molar refractivity (Wildman–Crippen MR) is 95.9 cm³/mol. The number of halogens is 2. The maximum atomic E-state index is 13.2. The van der Waals surface area contributed by atoms with Crippen molar-refractivity contribution in [2.24, 2.45) is 13.0 Å². The fraction of sp³-hybridized carbons (Fsp3) is 0.474. The number of amides is 1. The van der Waals surface area contributed by atoms with Crippen LogP contribution < -0.4 is 5.32 Å². The van der Waals surface area contributed by atoms with Crippen LogP contribution in [0.25, 0.3) is 0 Å². The lowest BCUT2D eigenvalue weighted by Gasteiger charge is -2.39. The number of allylic oxidation sites excluding steroid dienone is 4. The topological polar surface area (TPSA) is 67.2 Å². The summed E-state index contributed by atoms with van der Waals surface area (Å²) >= 11 is 0. The third kappa shape index (κ3) is 4.27. The molecule has 2 N–H and O–H groups in total. The van der Waals surface area contributed by atoms with Gasteiger partial charge >= 0.3 is 0 Å². The van der Waals surface area contributed by atoms with E-state index in [1.54, 1.807) is 6.08 Å². The number of carbonyl (C=O) groups is 1. The second-order valence-electron chi connectivity index (χ2n) is 6.61. The number of carbonyl (C=O) groups excluding carboxylic acids is 1. The molecule has 1 aromatic rings. The van der Waals surface area contributed by atoms with E-state index in [2.05, 4.69) is 17.0 Å². The molecule has 142 valence electrons. The highest BCUT2D eigenvalue weighted by Gasteiger charge is 2.38. The number of nitrogens with one attached hydrogen (secondary N) is 1.